The van der Waals surface area contributed by atoms with Crippen molar-refractivity contribution in [3.05, 3.63) is 53.8 Å². The maximum Gasteiger partial charge on any atom is 0.328 e. The molecule has 0 aliphatic carbocycles. The number of hydrogen-bond acceptors (Lipinski definition) is 5. The molecule has 0 fully saturated rings. The topological polar surface area (TPSA) is 65.7 Å². The molecule has 106 valence electrons. The van der Waals surface area contributed by atoms with Crippen molar-refractivity contribution < 1.29 is 13.5 Å². The molecule has 21 heavy (non-hydrogen) atoms. The first-order valence-electron chi connectivity index (χ1n) is 5.64. The number of imidazole rings is 1. The van der Waals surface area contributed by atoms with Crippen LogP contribution in [0.15, 0.2) is 36.9 Å². The van der Waals surface area contributed by atoms with Crippen LogP contribution in [0, 0.1) is 11.6 Å². The third-order valence-electron chi connectivity index (χ3n) is 2.41. The molecule has 0 saturated carbocycles. The SMILES string of the molecule is Fc1ccc(Oc2nc(Cl)nc(-n3ccnc3)n2)c(F)c1. The summed E-state index contributed by atoms with van der Waals surface area (Å²) in [5, 5.41) is -0.133. The van der Waals surface area contributed by atoms with Crippen molar-refractivity contribution >= 4 is 11.6 Å². The standard InChI is InChI=1S/C12H6ClF2N5O/c13-10-17-11(20-4-3-16-6-20)19-12(18-10)21-9-2-1-7(14)5-8(9)15/h1-6H. The van der Waals surface area contributed by atoms with Crippen LogP contribution >= 0.6 is 11.6 Å². The molecule has 0 atom stereocenters. The van der Waals surface area contributed by atoms with Crippen LogP contribution in [-0.2, 0) is 0 Å². The largest absolute Gasteiger partial charge is 0.421 e. The Hall–Kier alpha value is -2.61. The van der Waals surface area contributed by atoms with E-state index in [9.17, 15) is 8.78 Å². The molecular weight excluding hydrogens is 304 g/mol. The van der Waals surface area contributed by atoms with Gasteiger partial charge in [0.15, 0.2) is 11.6 Å². The number of halogens is 3. The first-order chi connectivity index (χ1) is 10.1. The van der Waals surface area contributed by atoms with E-state index in [0.29, 0.717) is 6.07 Å². The van der Waals surface area contributed by atoms with Crippen molar-refractivity contribution in [2.45, 2.75) is 0 Å². The number of rotatable bonds is 3. The van der Waals surface area contributed by atoms with Crippen molar-refractivity contribution in [3.63, 3.8) is 0 Å². The van der Waals surface area contributed by atoms with E-state index in [4.69, 9.17) is 16.3 Å². The monoisotopic (exact) mass is 309 g/mol. The van der Waals surface area contributed by atoms with Gasteiger partial charge in [-0.25, -0.2) is 13.8 Å². The van der Waals surface area contributed by atoms with E-state index < -0.39 is 11.6 Å². The van der Waals surface area contributed by atoms with Gasteiger partial charge in [0.25, 0.3) is 0 Å². The van der Waals surface area contributed by atoms with Crippen LogP contribution in [0.4, 0.5) is 8.78 Å². The molecule has 0 N–H and O–H groups in total. The predicted molar refractivity (Wildman–Crippen MR) is 68.4 cm³/mol. The average Bonchev–Trinajstić information content (AvgIpc) is 2.95. The fourth-order valence-electron chi connectivity index (χ4n) is 1.52. The highest BCUT2D eigenvalue weighted by Crippen LogP contribution is 2.23. The Morgan fingerprint density at radius 3 is 2.71 bits per heavy atom. The normalized spacial score (nSPS) is 10.6. The lowest BCUT2D eigenvalue weighted by atomic mass is 10.3. The highest BCUT2D eigenvalue weighted by Gasteiger charge is 2.11. The summed E-state index contributed by atoms with van der Waals surface area (Å²) in [6, 6.07) is 2.65. The zero-order valence-corrected chi connectivity index (χ0v) is 11.0. The second-order valence-corrected chi connectivity index (χ2v) is 4.17. The maximum atomic E-state index is 13.5. The number of nitrogens with zero attached hydrogens (tertiary/aromatic N) is 5. The van der Waals surface area contributed by atoms with Gasteiger partial charge in [-0.2, -0.15) is 15.0 Å². The van der Waals surface area contributed by atoms with E-state index in [-0.39, 0.29) is 23.0 Å². The molecular formula is C12H6ClF2N5O. The quantitative estimate of drug-likeness (QED) is 0.744. The highest BCUT2D eigenvalue weighted by atomic mass is 35.5. The molecule has 0 spiro atoms. The van der Waals surface area contributed by atoms with Gasteiger partial charge in [-0.05, 0) is 23.7 Å². The zero-order chi connectivity index (χ0) is 14.8. The third kappa shape index (κ3) is 2.95. The molecule has 0 bridgehead atoms. The lowest BCUT2D eigenvalue weighted by Gasteiger charge is -2.06. The molecule has 0 aliphatic rings. The molecule has 3 aromatic rings. The van der Waals surface area contributed by atoms with E-state index in [1.165, 1.54) is 17.1 Å². The smallest absolute Gasteiger partial charge is 0.328 e. The molecule has 3 rings (SSSR count). The summed E-state index contributed by atoms with van der Waals surface area (Å²) in [4.78, 5) is 15.4. The Morgan fingerprint density at radius 1 is 1.14 bits per heavy atom. The van der Waals surface area contributed by atoms with Crippen molar-refractivity contribution in [3.8, 4) is 17.7 Å². The summed E-state index contributed by atoms with van der Waals surface area (Å²) in [6.07, 6.45) is 4.57. The number of ether oxygens (including phenoxy) is 1. The lowest BCUT2D eigenvalue weighted by molar-refractivity contribution is 0.405. The van der Waals surface area contributed by atoms with Gasteiger partial charge in [-0.1, -0.05) is 0 Å². The summed E-state index contributed by atoms with van der Waals surface area (Å²) >= 11 is 5.77. The van der Waals surface area contributed by atoms with Gasteiger partial charge >= 0.3 is 6.01 Å². The molecule has 1 aromatic carbocycles. The average molecular weight is 310 g/mol. The summed E-state index contributed by atoms with van der Waals surface area (Å²) in [5.41, 5.74) is 0. The van der Waals surface area contributed by atoms with Gasteiger partial charge in [0, 0.05) is 18.5 Å². The van der Waals surface area contributed by atoms with E-state index in [0.717, 1.165) is 12.1 Å². The lowest BCUT2D eigenvalue weighted by Crippen LogP contribution is -2.03. The van der Waals surface area contributed by atoms with Crippen molar-refractivity contribution in [1.29, 1.82) is 0 Å². The van der Waals surface area contributed by atoms with Crippen LogP contribution in [0.5, 0.6) is 11.8 Å². The molecule has 0 aliphatic heterocycles. The second-order valence-electron chi connectivity index (χ2n) is 3.83. The van der Waals surface area contributed by atoms with Crippen LogP contribution in [0.1, 0.15) is 0 Å². The van der Waals surface area contributed by atoms with E-state index in [2.05, 4.69) is 19.9 Å². The van der Waals surface area contributed by atoms with Crippen LogP contribution in [0.3, 0.4) is 0 Å². The van der Waals surface area contributed by atoms with Gasteiger partial charge in [0.1, 0.15) is 12.1 Å². The van der Waals surface area contributed by atoms with Crippen LogP contribution < -0.4 is 4.74 Å². The first-order valence-corrected chi connectivity index (χ1v) is 6.02. The highest BCUT2D eigenvalue weighted by molar-refractivity contribution is 6.28. The Balaban J connectivity index is 1.95. The molecule has 0 amide bonds. The van der Waals surface area contributed by atoms with Crippen molar-refractivity contribution in [2.24, 2.45) is 0 Å². The van der Waals surface area contributed by atoms with Crippen molar-refractivity contribution in [2.75, 3.05) is 0 Å². The van der Waals surface area contributed by atoms with Crippen LogP contribution in [0.25, 0.3) is 5.95 Å². The first kappa shape index (κ1) is 13.4. The third-order valence-corrected chi connectivity index (χ3v) is 2.58. The summed E-state index contributed by atoms with van der Waals surface area (Å²) in [5.74, 6) is -1.66. The van der Waals surface area contributed by atoms with Gasteiger partial charge in [0.2, 0.25) is 11.2 Å². The van der Waals surface area contributed by atoms with E-state index >= 15 is 0 Å². The Morgan fingerprint density at radius 2 is 2.00 bits per heavy atom. The number of benzene rings is 1. The zero-order valence-electron chi connectivity index (χ0n) is 10.2. The summed E-state index contributed by atoms with van der Waals surface area (Å²) in [7, 11) is 0. The Kier molecular flexibility index (Phi) is 3.44. The summed E-state index contributed by atoms with van der Waals surface area (Å²) in [6.45, 7) is 0. The van der Waals surface area contributed by atoms with Crippen LogP contribution in [-0.4, -0.2) is 24.5 Å². The van der Waals surface area contributed by atoms with Crippen molar-refractivity contribution in [1.82, 2.24) is 24.5 Å². The molecule has 2 aromatic heterocycles. The van der Waals surface area contributed by atoms with Gasteiger partial charge in [-0.3, -0.25) is 4.57 Å². The molecule has 2 heterocycles. The Bertz CT molecular complexity index is 781. The minimum atomic E-state index is -0.879. The number of hydrogen-bond donors (Lipinski definition) is 0. The fraction of sp³-hybridized carbons (Fsp3) is 0. The van der Waals surface area contributed by atoms with Gasteiger partial charge in [-0.15, -0.1) is 0 Å². The molecule has 9 heteroatoms. The number of aromatic nitrogens is 5. The second kappa shape index (κ2) is 5.41. The minimum absolute atomic E-state index is 0.133. The predicted octanol–water partition coefficient (Wildman–Crippen LogP) is 2.78. The van der Waals surface area contributed by atoms with Gasteiger partial charge in [0.05, 0.1) is 0 Å². The molecule has 0 radical (unpaired) electrons. The van der Waals surface area contributed by atoms with Crippen LogP contribution in [0.2, 0.25) is 5.28 Å². The Labute approximate surface area is 122 Å². The van der Waals surface area contributed by atoms with E-state index in [1.54, 1.807) is 6.20 Å². The molecule has 0 saturated heterocycles. The van der Waals surface area contributed by atoms with E-state index in [1.807, 2.05) is 0 Å². The minimum Gasteiger partial charge on any atom is -0.421 e. The maximum absolute atomic E-state index is 13.5. The molecule has 6 nitrogen and oxygen atoms in total. The molecule has 0 unspecified atom stereocenters. The summed E-state index contributed by atoms with van der Waals surface area (Å²) < 4.78 is 33.0. The van der Waals surface area contributed by atoms with Gasteiger partial charge < -0.3 is 4.74 Å². The fourth-order valence-corrected chi connectivity index (χ4v) is 1.66.